The van der Waals surface area contributed by atoms with Crippen LogP contribution in [0.25, 0.3) is 0 Å². The topological polar surface area (TPSA) is 85.2 Å². The zero-order valence-corrected chi connectivity index (χ0v) is 19.3. The number of nitrogens with zero attached hydrogens (tertiary/aromatic N) is 1. The standard InChI is InChI=1S/C20H42NO6P/c1-5-6-7-8-11-14-25-15-12-9-10-13-16-26-28(24)27-19(17-20(22)23)18-21(2,3)4/h19,24H,5-18H2,1-4H3/p+1/t19-,28?/m1/s1. The van der Waals surface area contributed by atoms with Crippen molar-refractivity contribution in [2.75, 3.05) is 47.5 Å². The maximum absolute atomic E-state index is 11.0. The number of aliphatic carboxylic acids is 1. The van der Waals surface area contributed by atoms with Crippen LogP contribution in [0.15, 0.2) is 0 Å². The fourth-order valence-electron chi connectivity index (χ4n) is 2.81. The molecule has 0 amide bonds. The Labute approximate surface area is 172 Å². The lowest BCUT2D eigenvalue weighted by Crippen LogP contribution is -2.42. The lowest BCUT2D eigenvalue weighted by atomic mass is 10.2. The molecule has 0 rings (SSSR count). The van der Waals surface area contributed by atoms with E-state index in [1.165, 1.54) is 25.7 Å². The SMILES string of the molecule is CCCCCCCOCCCCCCOP(O)O[C@H](CC(=O)O)C[N+](C)(C)C. The van der Waals surface area contributed by atoms with Crippen LogP contribution in [0.5, 0.6) is 0 Å². The normalized spacial score (nSPS) is 14.2. The fraction of sp³-hybridized carbons (Fsp3) is 0.950. The van der Waals surface area contributed by atoms with Crippen LogP contribution in [0.2, 0.25) is 0 Å². The van der Waals surface area contributed by atoms with Crippen LogP contribution in [0.1, 0.15) is 71.1 Å². The predicted octanol–water partition coefficient (Wildman–Crippen LogP) is 4.34. The highest BCUT2D eigenvalue weighted by atomic mass is 31.2. The first-order chi connectivity index (χ1) is 13.2. The summed E-state index contributed by atoms with van der Waals surface area (Å²) in [6.07, 6.45) is 9.60. The van der Waals surface area contributed by atoms with Gasteiger partial charge in [-0.15, -0.1) is 0 Å². The average Bonchev–Trinajstić information content (AvgIpc) is 2.56. The van der Waals surface area contributed by atoms with Crippen molar-refractivity contribution in [1.82, 2.24) is 0 Å². The summed E-state index contributed by atoms with van der Waals surface area (Å²) in [5, 5.41) is 8.98. The summed E-state index contributed by atoms with van der Waals surface area (Å²) in [6, 6.07) is 0. The smallest absolute Gasteiger partial charge is 0.330 e. The first-order valence-electron chi connectivity index (χ1n) is 10.6. The molecule has 0 spiro atoms. The molecule has 0 radical (unpaired) electrons. The molecule has 28 heavy (non-hydrogen) atoms. The Bertz CT molecular complexity index is 378. The van der Waals surface area contributed by atoms with Gasteiger partial charge in [-0.3, -0.25) is 4.79 Å². The van der Waals surface area contributed by atoms with Crippen molar-refractivity contribution in [3.63, 3.8) is 0 Å². The molecule has 0 aromatic carbocycles. The second-order valence-corrected chi connectivity index (χ2v) is 9.25. The van der Waals surface area contributed by atoms with Crippen LogP contribution in [0, 0.1) is 0 Å². The van der Waals surface area contributed by atoms with Crippen molar-refractivity contribution in [1.29, 1.82) is 0 Å². The molecular formula is C20H43NO6P+. The van der Waals surface area contributed by atoms with Crippen LogP contribution < -0.4 is 0 Å². The summed E-state index contributed by atoms with van der Waals surface area (Å²) >= 11 is 0. The maximum Gasteiger partial charge on any atom is 0.330 e. The molecule has 0 aromatic rings. The van der Waals surface area contributed by atoms with Crippen LogP contribution in [0.4, 0.5) is 0 Å². The number of rotatable bonds is 20. The van der Waals surface area contributed by atoms with Crippen molar-refractivity contribution >= 4 is 14.6 Å². The Kier molecular flexibility index (Phi) is 17.4. The summed E-state index contributed by atoms with van der Waals surface area (Å²) in [4.78, 5) is 20.9. The van der Waals surface area contributed by atoms with E-state index in [-0.39, 0.29) is 6.42 Å². The molecule has 2 N–H and O–H groups in total. The van der Waals surface area contributed by atoms with Gasteiger partial charge in [0, 0.05) is 13.2 Å². The molecular weight excluding hydrogens is 381 g/mol. The van der Waals surface area contributed by atoms with Crippen LogP contribution >= 0.6 is 8.60 Å². The summed E-state index contributed by atoms with van der Waals surface area (Å²) in [6.45, 7) is 4.81. The summed E-state index contributed by atoms with van der Waals surface area (Å²) in [7, 11) is 3.82. The molecule has 0 aromatic heterocycles. The lowest BCUT2D eigenvalue weighted by Gasteiger charge is -2.29. The van der Waals surface area contributed by atoms with Crippen LogP contribution in [-0.4, -0.2) is 74.1 Å². The van der Waals surface area contributed by atoms with Gasteiger partial charge in [-0.2, -0.15) is 0 Å². The van der Waals surface area contributed by atoms with Crippen LogP contribution in [0.3, 0.4) is 0 Å². The summed E-state index contributed by atoms with van der Waals surface area (Å²) in [5.41, 5.74) is 0. The Morgan fingerprint density at radius 1 is 0.929 bits per heavy atom. The third kappa shape index (κ3) is 20.4. The Hall–Kier alpha value is -0.300. The van der Waals surface area contributed by atoms with Crippen molar-refractivity contribution in [3.8, 4) is 0 Å². The number of carboxylic acids is 1. The van der Waals surface area contributed by atoms with Crippen molar-refractivity contribution in [3.05, 3.63) is 0 Å². The van der Waals surface area contributed by atoms with Gasteiger partial charge in [-0.05, 0) is 19.3 Å². The van der Waals surface area contributed by atoms with E-state index in [0.717, 1.165) is 45.3 Å². The quantitative estimate of drug-likeness (QED) is 0.172. The van der Waals surface area contributed by atoms with Gasteiger partial charge in [-0.1, -0.05) is 45.4 Å². The number of ether oxygens (including phenoxy) is 1. The zero-order valence-electron chi connectivity index (χ0n) is 18.4. The lowest BCUT2D eigenvalue weighted by molar-refractivity contribution is -0.873. The highest BCUT2D eigenvalue weighted by Crippen LogP contribution is 2.36. The zero-order chi connectivity index (χ0) is 21.3. The summed E-state index contributed by atoms with van der Waals surface area (Å²) in [5.74, 6) is -0.940. The third-order valence-electron chi connectivity index (χ3n) is 4.17. The van der Waals surface area contributed by atoms with E-state index in [0.29, 0.717) is 17.6 Å². The number of likely N-dealkylation sites (N-methyl/N-ethyl adjacent to an activating group) is 1. The van der Waals surface area contributed by atoms with E-state index >= 15 is 0 Å². The Balaban J connectivity index is 3.61. The highest BCUT2D eigenvalue weighted by molar-refractivity contribution is 7.40. The molecule has 0 saturated carbocycles. The molecule has 0 fully saturated rings. The molecule has 0 aliphatic carbocycles. The first-order valence-corrected chi connectivity index (χ1v) is 11.8. The predicted molar refractivity (Wildman–Crippen MR) is 113 cm³/mol. The number of carbonyl (C=O) groups is 1. The second kappa shape index (κ2) is 17.5. The molecule has 0 heterocycles. The maximum atomic E-state index is 11.0. The molecule has 2 atom stereocenters. The Morgan fingerprint density at radius 2 is 1.46 bits per heavy atom. The van der Waals surface area contributed by atoms with Gasteiger partial charge < -0.3 is 28.3 Å². The molecule has 7 nitrogen and oxygen atoms in total. The van der Waals surface area contributed by atoms with Gasteiger partial charge in [0.25, 0.3) is 0 Å². The van der Waals surface area contributed by atoms with Gasteiger partial charge in [-0.25, -0.2) is 0 Å². The first kappa shape index (κ1) is 27.7. The number of hydrogen-bond acceptors (Lipinski definition) is 5. The van der Waals surface area contributed by atoms with Crippen molar-refractivity contribution < 1.29 is 33.1 Å². The van der Waals surface area contributed by atoms with Crippen LogP contribution in [-0.2, 0) is 18.6 Å². The highest BCUT2D eigenvalue weighted by Gasteiger charge is 2.25. The number of carboxylic acid groups (broad SMARTS) is 1. The minimum absolute atomic E-state index is 0.142. The molecule has 8 heteroatoms. The molecule has 0 aliphatic heterocycles. The largest absolute Gasteiger partial charge is 0.481 e. The van der Waals surface area contributed by atoms with Gasteiger partial charge in [0.2, 0.25) is 0 Å². The monoisotopic (exact) mass is 424 g/mol. The van der Waals surface area contributed by atoms with E-state index < -0.39 is 20.7 Å². The minimum Gasteiger partial charge on any atom is -0.481 e. The molecule has 0 aliphatic rings. The molecule has 1 unspecified atom stereocenters. The number of hydrogen-bond donors (Lipinski definition) is 2. The van der Waals surface area contributed by atoms with Gasteiger partial charge >= 0.3 is 14.6 Å². The third-order valence-corrected chi connectivity index (χ3v) is 5.05. The summed E-state index contributed by atoms with van der Waals surface area (Å²) < 4.78 is 16.9. The van der Waals surface area contributed by atoms with Crippen molar-refractivity contribution in [2.24, 2.45) is 0 Å². The Morgan fingerprint density at radius 3 is 1.96 bits per heavy atom. The van der Waals surface area contributed by atoms with E-state index in [1.807, 2.05) is 21.1 Å². The van der Waals surface area contributed by atoms with E-state index in [4.69, 9.17) is 18.9 Å². The molecule has 0 bridgehead atoms. The van der Waals surface area contributed by atoms with Gasteiger partial charge in [0.1, 0.15) is 12.6 Å². The fourth-order valence-corrected chi connectivity index (χ4v) is 3.55. The second-order valence-electron chi connectivity index (χ2n) is 8.31. The minimum atomic E-state index is -2.04. The average molecular weight is 425 g/mol. The number of unbranched alkanes of at least 4 members (excludes halogenated alkanes) is 7. The van der Waals surface area contributed by atoms with E-state index in [2.05, 4.69) is 6.92 Å². The molecule has 0 saturated heterocycles. The van der Waals surface area contributed by atoms with Gasteiger partial charge in [0.05, 0.1) is 34.2 Å². The van der Waals surface area contributed by atoms with E-state index in [1.54, 1.807) is 0 Å². The van der Waals surface area contributed by atoms with E-state index in [9.17, 15) is 9.69 Å². The van der Waals surface area contributed by atoms with Crippen molar-refractivity contribution in [2.45, 2.75) is 77.2 Å². The van der Waals surface area contributed by atoms with Gasteiger partial charge in [0.15, 0.2) is 0 Å². The number of quaternary nitrogens is 1. The molecule has 168 valence electrons.